The third kappa shape index (κ3) is 48.5. The van der Waals surface area contributed by atoms with Gasteiger partial charge in [-0.25, -0.2) is 0 Å². The SMILES string of the molecule is CCCC/C=C\CCCCCCCC(=O)OC[C@@H](COC(=O)CCCCCCCCCCCCC/C=C\CCCCCCCC)OC(=O)CCCCCCC/C=C\CCCC. The topological polar surface area (TPSA) is 78.9 Å². The largest absolute Gasteiger partial charge is 0.462 e. The highest BCUT2D eigenvalue weighted by Gasteiger charge is 2.19. The van der Waals surface area contributed by atoms with Gasteiger partial charge in [0.05, 0.1) is 0 Å². The minimum Gasteiger partial charge on any atom is -0.462 e. The van der Waals surface area contributed by atoms with E-state index in [1.807, 2.05) is 0 Å². The number of allylic oxidation sites excluding steroid dienone is 6. The van der Waals surface area contributed by atoms with Gasteiger partial charge in [0.1, 0.15) is 13.2 Å². The van der Waals surface area contributed by atoms with Crippen LogP contribution >= 0.6 is 0 Å². The molecule has 0 rings (SSSR count). The molecule has 61 heavy (non-hydrogen) atoms. The lowest BCUT2D eigenvalue weighted by atomic mass is 10.0. The standard InChI is InChI=1S/C55H100O6/c1-4-7-10-13-16-19-22-23-24-25-26-27-28-29-30-31-34-36-39-42-45-48-54(57)60-51-52(61-55(58)49-46-43-40-37-33-21-18-15-12-9-6-3)50-59-53(56)47-44-41-38-35-32-20-17-14-11-8-5-2/h14-15,17-18,23-24,52H,4-13,16,19-22,25-51H2,1-3H3/b17-14-,18-15-,24-23-/t52-/m0/s1. The molecule has 0 bridgehead atoms. The number of carbonyl (C=O) groups excluding carboxylic acids is 3. The third-order valence-corrected chi connectivity index (χ3v) is 11.6. The van der Waals surface area contributed by atoms with Crippen molar-refractivity contribution >= 4 is 17.9 Å². The molecule has 6 heteroatoms. The van der Waals surface area contributed by atoms with Crippen molar-refractivity contribution in [3.8, 4) is 0 Å². The maximum atomic E-state index is 12.7. The lowest BCUT2D eigenvalue weighted by Crippen LogP contribution is -2.30. The fourth-order valence-corrected chi connectivity index (χ4v) is 7.52. The van der Waals surface area contributed by atoms with Crippen LogP contribution < -0.4 is 0 Å². The molecule has 0 N–H and O–H groups in total. The molecule has 1 atom stereocenters. The van der Waals surface area contributed by atoms with Crippen LogP contribution in [0.25, 0.3) is 0 Å². The van der Waals surface area contributed by atoms with Crippen molar-refractivity contribution in [3.63, 3.8) is 0 Å². The predicted octanol–water partition coefficient (Wildman–Crippen LogP) is 17.3. The fraction of sp³-hybridized carbons (Fsp3) is 0.836. The lowest BCUT2D eigenvalue weighted by Gasteiger charge is -2.18. The summed E-state index contributed by atoms with van der Waals surface area (Å²) >= 11 is 0. The Morgan fingerprint density at radius 1 is 0.311 bits per heavy atom. The Balaban J connectivity index is 4.24. The summed E-state index contributed by atoms with van der Waals surface area (Å²) in [4.78, 5) is 37.9. The van der Waals surface area contributed by atoms with E-state index in [2.05, 4.69) is 57.2 Å². The highest BCUT2D eigenvalue weighted by Crippen LogP contribution is 2.15. The fourth-order valence-electron chi connectivity index (χ4n) is 7.52. The van der Waals surface area contributed by atoms with E-state index in [0.717, 1.165) is 77.0 Å². The Kier molecular flexibility index (Phi) is 48.3. The maximum absolute atomic E-state index is 12.7. The summed E-state index contributed by atoms with van der Waals surface area (Å²) < 4.78 is 16.8. The van der Waals surface area contributed by atoms with Crippen LogP contribution in [0.2, 0.25) is 0 Å². The van der Waals surface area contributed by atoms with Crippen LogP contribution in [-0.2, 0) is 28.6 Å². The monoisotopic (exact) mass is 857 g/mol. The number of carbonyl (C=O) groups is 3. The molecule has 6 nitrogen and oxygen atoms in total. The average Bonchev–Trinajstić information content (AvgIpc) is 3.26. The molecular weight excluding hydrogens is 757 g/mol. The zero-order chi connectivity index (χ0) is 44.4. The van der Waals surface area contributed by atoms with Gasteiger partial charge in [0.15, 0.2) is 6.10 Å². The summed E-state index contributed by atoms with van der Waals surface area (Å²) in [6.45, 7) is 6.56. The van der Waals surface area contributed by atoms with Crippen LogP contribution in [0, 0.1) is 0 Å². The van der Waals surface area contributed by atoms with Crippen molar-refractivity contribution in [1.29, 1.82) is 0 Å². The normalized spacial score (nSPS) is 12.2. The second-order valence-electron chi connectivity index (χ2n) is 17.8. The van der Waals surface area contributed by atoms with Crippen LogP contribution in [0.3, 0.4) is 0 Å². The van der Waals surface area contributed by atoms with Crippen LogP contribution in [0.1, 0.15) is 278 Å². The van der Waals surface area contributed by atoms with E-state index in [0.29, 0.717) is 19.3 Å². The Hall–Kier alpha value is -2.37. The van der Waals surface area contributed by atoms with Crippen molar-refractivity contribution in [2.75, 3.05) is 13.2 Å². The summed E-state index contributed by atoms with van der Waals surface area (Å²) in [7, 11) is 0. The molecule has 0 fully saturated rings. The molecule has 0 aromatic heterocycles. The highest BCUT2D eigenvalue weighted by atomic mass is 16.6. The number of ether oxygens (including phenoxy) is 3. The van der Waals surface area contributed by atoms with Crippen LogP contribution in [0.15, 0.2) is 36.5 Å². The van der Waals surface area contributed by atoms with E-state index in [9.17, 15) is 14.4 Å². The Labute approximate surface area is 378 Å². The summed E-state index contributed by atoms with van der Waals surface area (Å²) in [6.07, 6.45) is 58.5. The zero-order valence-electron chi connectivity index (χ0n) is 40.7. The summed E-state index contributed by atoms with van der Waals surface area (Å²) in [6, 6.07) is 0. The second-order valence-corrected chi connectivity index (χ2v) is 17.8. The first-order valence-corrected chi connectivity index (χ1v) is 26.5. The molecule has 0 aliphatic heterocycles. The minimum absolute atomic E-state index is 0.0769. The first-order valence-electron chi connectivity index (χ1n) is 26.5. The second kappa shape index (κ2) is 50.3. The molecule has 0 heterocycles. The van der Waals surface area contributed by atoms with Crippen molar-refractivity contribution < 1.29 is 28.6 Å². The third-order valence-electron chi connectivity index (χ3n) is 11.6. The Morgan fingerprint density at radius 2 is 0.557 bits per heavy atom. The molecule has 0 aromatic carbocycles. The molecule has 0 aliphatic carbocycles. The number of hydrogen-bond acceptors (Lipinski definition) is 6. The molecule has 0 radical (unpaired) electrons. The maximum Gasteiger partial charge on any atom is 0.306 e. The smallest absolute Gasteiger partial charge is 0.306 e. The molecule has 0 unspecified atom stereocenters. The molecule has 0 aromatic rings. The van der Waals surface area contributed by atoms with Crippen molar-refractivity contribution in [1.82, 2.24) is 0 Å². The van der Waals surface area contributed by atoms with Crippen molar-refractivity contribution in [2.24, 2.45) is 0 Å². The number of esters is 3. The molecule has 0 aliphatic rings. The van der Waals surface area contributed by atoms with Gasteiger partial charge >= 0.3 is 17.9 Å². The predicted molar refractivity (Wildman–Crippen MR) is 261 cm³/mol. The van der Waals surface area contributed by atoms with E-state index in [1.165, 1.54) is 161 Å². The van der Waals surface area contributed by atoms with Gasteiger partial charge in [-0.3, -0.25) is 14.4 Å². The quantitative estimate of drug-likeness (QED) is 0.0262. The van der Waals surface area contributed by atoms with Gasteiger partial charge in [-0.15, -0.1) is 0 Å². The van der Waals surface area contributed by atoms with E-state index in [4.69, 9.17) is 14.2 Å². The zero-order valence-corrected chi connectivity index (χ0v) is 40.7. The van der Waals surface area contributed by atoms with Gasteiger partial charge in [0, 0.05) is 19.3 Å². The van der Waals surface area contributed by atoms with E-state index in [1.54, 1.807) is 0 Å². The average molecular weight is 857 g/mol. The van der Waals surface area contributed by atoms with Gasteiger partial charge in [0.25, 0.3) is 0 Å². The highest BCUT2D eigenvalue weighted by molar-refractivity contribution is 5.71. The molecular formula is C55H100O6. The first-order chi connectivity index (χ1) is 30.0. The van der Waals surface area contributed by atoms with Crippen LogP contribution in [0.5, 0.6) is 0 Å². The molecule has 0 saturated carbocycles. The lowest BCUT2D eigenvalue weighted by molar-refractivity contribution is -0.167. The van der Waals surface area contributed by atoms with Crippen molar-refractivity contribution in [2.45, 2.75) is 284 Å². The van der Waals surface area contributed by atoms with Crippen LogP contribution in [-0.4, -0.2) is 37.2 Å². The van der Waals surface area contributed by atoms with Gasteiger partial charge in [-0.1, -0.05) is 211 Å². The Bertz CT molecular complexity index is 1030. The first kappa shape index (κ1) is 58.6. The Morgan fingerprint density at radius 3 is 0.869 bits per heavy atom. The molecule has 356 valence electrons. The van der Waals surface area contributed by atoms with E-state index < -0.39 is 6.10 Å². The van der Waals surface area contributed by atoms with Gasteiger partial charge in [-0.2, -0.15) is 0 Å². The molecule has 0 amide bonds. The molecule has 0 spiro atoms. The number of rotatable bonds is 48. The van der Waals surface area contributed by atoms with Gasteiger partial charge in [-0.05, 0) is 83.5 Å². The summed E-state index contributed by atoms with van der Waals surface area (Å²) in [5.74, 6) is -0.890. The summed E-state index contributed by atoms with van der Waals surface area (Å²) in [5, 5.41) is 0. The minimum atomic E-state index is -0.776. The summed E-state index contributed by atoms with van der Waals surface area (Å²) in [5.41, 5.74) is 0. The number of hydrogen-bond donors (Lipinski definition) is 0. The number of unbranched alkanes of at least 4 members (excludes halogenated alkanes) is 31. The van der Waals surface area contributed by atoms with Gasteiger partial charge in [0.2, 0.25) is 0 Å². The van der Waals surface area contributed by atoms with Gasteiger partial charge < -0.3 is 14.2 Å². The van der Waals surface area contributed by atoms with E-state index in [-0.39, 0.29) is 31.1 Å². The van der Waals surface area contributed by atoms with E-state index >= 15 is 0 Å². The van der Waals surface area contributed by atoms with Crippen molar-refractivity contribution in [3.05, 3.63) is 36.5 Å². The van der Waals surface area contributed by atoms with Crippen LogP contribution in [0.4, 0.5) is 0 Å². The molecule has 0 saturated heterocycles.